The Labute approximate surface area is 137 Å². The van der Waals surface area contributed by atoms with E-state index in [1.54, 1.807) is 7.11 Å². The average Bonchev–Trinajstić information content (AvgIpc) is 2.50. The Morgan fingerprint density at radius 2 is 2.04 bits per heavy atom. The standard InChI is InChI=1S/C15H24N2O5S/c1-21-10-9-17(23(3,19)20)12-15(18)16-8-7-13-5-4-6-14(11-13)22-2/h4-6,11H,7-10,12H2,1-3H3,(H,16,18). The van der Waals surface area contributed by atoms with Crippen LogP contribution in [0.4, 0.5) is 0 Å². The third-order valence-corrected chi connectivity index (χ3v) is 4.45. The number of sulfonamides is 1. The van der Waals surface area contributed by atoms with E-state index in [0.29, 0.717) is 13.0 Å². The Bertz CT molecular complexity index is 604. The quantitative estimate of drug-likeness (QED) is 0.658. The summed E-state index contributed by atoms with van der Waals surface area (Å²) < 4.78 is 34.3. The van der Waals surface area contributed by atoms with Crippen molar-refractivity contribution < 1.29 is 22.7 Å². The van der Waals surface area contributed by atoms with E-state index in [9.17, 15) is 13.2 Å². The molecule has 0 unspecified atom stereocenters. The van der Waals surface area contributed by atoms with Gasteiger partial charge in [0.15, 0.2) is 0 Å². The van der Waals surface area contributed by atoms with Crippen molar-refractivity contribution in [3.05, 3.63) is 29.8 Å². The van der Waals surface area contributed by atoms with Crippen LogP contribution < -0.4 is 10.1 Å². The molecule has 23 heavy (non-hydrogen) atoms. The Hall–Kier alpha value is -1.64. The van der Waals surface area contributed by atoms with Gasteiger partial charge in [-0.25, -0.2) is 8.42 Å². The molecule has 0 spiro atoms. The number of nitrogens with zero attached hydrogens (tertiary/aromatic N) is 1. The number of carbonyl (C=O) groups is 1. The maximum Gasteiger partial charge on any atom is 0.235 e. The zero-order chi connectivity index (χ0) is 17.3. The SMILES string of the molecule is COCCN(CC(=O)NCCc1cccc(OC)c1)S(C)(=O)=O. The number of benzene rings is 1. The van der Waals surface area contributed by atoms with Gasteiger partial charge in [0, 0.05) is 20.2 Å². The number of amides is 1. The molecule has 1 aromatic rings. The van der Waals surface area contributed by atoms with Crippen molar-refractivity contribution in [2.75, 3.05) is 46.7 Å². The van der Waals surface area contributed by atoms with Gasteiger partial charge >= 0.3 is 0 Å². The fourth-order valence-corrected chi connectivity index (χ4v) is 2.70. The lowest BCUT2D eigenvalue weighted by Gasteiger charge is -2.19. The highest BCUT2D eigenvalue weighted by atomic mass is 32.2. The molecule has 1 N–H and O–H groups in total. The van der Waals surface area contributed by atoms with Crippen LogP contribution in [-0.4, -0.2) is 65.3 Å². The molecule has 1 rings (SSSR count). The van der Waals surface area contributed by atoms with E-state index >= 15 is 0 Å². The molecule has 0 bridgehead atoms. The van der Waals surface area contributed by atoms with Crippen LogP contribution in [0.5, 0.6) is 5.75 Å². The van der Waals surface area contributed by atoms with E-state index < -0.39 is 10.0 Å². The summed E-state index contributed by atoms with van der Waals surface area (Å²) in [5.41, 5.74) is 1.03. The summed E-state index contributed by atoms with van der Waals surface area (Å²) in [6.07, 6.45) is 1.71. The molecule has 0 aliphatic heterocycles. The van der Waals surface area contributed by atoms with Gasteiger partial charge in [-0.1, -0.05) is 12.1 Å². The zero-order valence-corrected chi connectivity index (χ0v) is 14.6. The monoisotopic (exact) mass is 344 g/mol. The van der Waals surface area contributed by atoms with Gasteiger partial charge in [0.05, 0.1) is 26.5 Å². The Balaban J connectivity index is 2.45. The van der Waals surface area contributed by atoms with Gasteiger partial charge in [-0.2, -0.15) is 4.31 Å². The molecule has 0 fully saturated rings. The number of hydrogen-bond donors (Lipinski definition) is 1. The van der Waals surface area contributed by atoms with Crippen LogP contribution >= 0.6 is 0 Å². The zero-order valence-electron chi connectivity index (χ0n) is 13.7. The van der Waals surface area contributed by atoms with Crippen molar-refractivity contribution in [3.63, 3.8) is 0 Å². The highest BCUT2D eigenvalue weighted by Crippen LogP contribution is 2.12. The summed E-state index contributed by atoms with van der Waals surface area (Å²) >= 11 is 0. The molecule has 1 aromatic carbocycles. The molecule has 8 heteroatoms. The summed E-state index contributed by atoms with van der Waals surface area (Å²) in [6.45, 7) is 0.608. The van der Waals surface area contributed by atoms with Crippen LogP contribution in [-0.2, 0) is 26.0 Å². The second-order valence-electron chi connectivity index (χ2n) is 5.04. The fourth-order valence-electron chi connectivity index (χ4n) is 1.95. The summed E-state index contributed by atoms with van der Waals surface area (Å²) in [5.74, 6) is 0.422. The van der Waals surface area contributed by atoms with E-state index in [2.05, 4.69) is 5.32 Å². The van der Waals surface area contributed by atoms with Gasteiger partial charge in [-0.05, 0) is 24.1 Å². The molecule has 7 nitrogen and oxygen atoms in total. The molecular formula is C15H24N2O5S. The smallest absolute Gasteiger partial charge is 0.235 e. The number of nitrogens with one attached hydrogen (secondary N) is 1. The predicted octanol–water partition coefficient (Wildman–Crippen LogP) is 0.262. The molecule has 0 aromatic heterocycles. The van der Waals surface area contributed by atoms with Gasteiger partial charge in [0.2, 0.25) is 15.9 Å². The topological polar surface area (TPSA) is 84.9 Å². The minimum Gasteiger partial charge on any atom is -0.497 e. The van der Waals surface area contributed by atoms with Crippen LogP contribution in [0.3, 0.4) is 0 Å². The van der Waals surface area contributed by atoms with E-state index in [1.807, 2.05) is 24.3 Å². The van der Waals surface area contributed by atoms with Gasteiger partial charge in [-0.15, -0.1) is 0 Å². The van der Waals surface area contributed by atoms with Gasteiger partial charge < -0.3 is 14.8 Å². The van der Waals surface area contributed by atoms with E-state index in [-0.39, 0.29) is 25.6 Å². The first-order chi connectivity index (χ1) is 10.9. The fraction of sp³-hybridized carbons (Fsp3) is 0.533. The van der Waals surface area contributed by atoms with Crippen LogP contribution in [0.1, 0.15) is 5.56 Å². The summed E-state index contributed by atoms with van der Waals surface area (Å²) in [4.78, 5) is 11.9. The van der Waals surface area contributed by atoms with Gasteiger partial charge in [0.25, 0.3) is 0 Å². The highest BCUT2D eigenvalue weighted by molar-refractivity contribution is 7.88. The van der Waals surface area contributed by atoms with Crippen molar-refractivity contribution in [1.29, 1.82) is 0 Å². The third kappa shape index (κ3) is 7.45. The van der Waals surface area contributed by atoms with Crippen LogP contribution in [0, 0.1) is 0 Å². The maximum absolute atomic E-state index is 11.9. The van der Waals surface area contributed by atoms with E-state index in [0.717, 1.165) is 21.9 Å². The summed E-state index contributed by atoms with van der Waals surface area (Å²) in [7, 11) is -0.364. The summed E-state index contributed by atoms with van der Waals surface area (Å²) in [5, 5.41) is 2.72. The lowest BCUT2D eigenvalue weighted by molar-refractivity contribution is -0.121. The van der Waals surface area contributed by atoms with Crippen LogP contribution in [0.25, 0.3) is 0 Å². The lowest BCUT2D eigenvalue weighted by atomic mass is 10.1. The maximum atomic E-state index is 11.9. The van der Waals surface area contributed by atoms with E-state index in [1.165, 1.54) is 7.11 Å². The number of carbonyl (C=O) groups excluding carboxylic acids is 1. The first-order valence-electron chi connectivity index (χ1n) is 7.20. The first kappa shape index (κ1) is 19.4. The second-order valence-corrected chi connectivity index (χ2v) is 7.02. The van der Waals surface area contributed by atoms with Gasteiger partial charge in [-0.3, -0.25) is 4.79 Å². The van der Waals surface area contributed by atoms with Crippen molar-refractivity contribution in [2.24, 2.45) is 0 Å². The Morgan fingerprint density at radius 3 is 2.65 bits per heavy atom. The van der Waals surface area contributed by atoms with Crippen LogP contribution in [0.2, 0.25) is 0 Å². The van der Waals surface area contributed by atoms with Crippen molar-refractivity contribution >= 4 is 15.9 Å². The molecule has 0 atom stereocenters. The highest BCUT2D eigenvalue weighted by Gasteiger charge is 2.19. The second kappa shape index (κ2) is 9.49. The minimum absolute atomic E-state index is 0.151. The van der Waals surface area contributed by atoms with Crippen molar-refractivity contribution in [3.8, 4) is 5.75 Å². The molecule has 0 aliphatic rings. The minimum atomic E-state index is -3.44. The summed E-state index contributed by atoms with van der Waals surface area (Å²) in [6, 6.07) is 7.57. The molecule has 0 heterocycles. The Kier molecular flexibility index (Phi) is 8.01. The number of methoxy groups -OCH3 is 2. The Morgan fingerprint density at radius 1 is 1.30 bits per heavy atom. The molecule has 0 radical (unpaired) electrons. The van der Waals surface area contributed by atoms with Gasteiger partial charge in [0.1, 0.15) is 5.75 Å². The van der Waals surface area contributed by atoms with E-state index in [4.69, 9.17) is 9.47 Å². The molecule has 130 valence electrons. The largest absolute Gasteiger partial charge is 0.497 e. The number of hydrogen-bond acceptors (Lipinski definition) is 5. The number of rotatable bonds is 10. The predicted molar refractivity (Wildman–Crippen MR) is 88.0 cm³/mol. The molecule has 0 saturated carbocycles. The average molecular weight is 344 g/mol. The van der Waals surface area contributed by atoms with Crippen molar-refractivity contribution in [1.82, 2.24) is 9.62 Å². The molecular weight excluding hydrogens is 320 g/mol. The third-order valence-electron chi connectivity index (χ3n) is 3.20. The van der Waals surface area contributed by atoms with Crippen LogP contribution in [0.15, 0.2) is 24.3 Å². The normalized spacial score (nSPS) is 11.5. The molecule has 0 saturated heterocycles. The molecule has 0 aliphatic carbocycles. The lowest BCUT2D eigenvalue weighted by Crippen LogP contribution is -2.42. The first-order valence-corrected chi connectivity index (χ1v) is 9.05. The molecule has 1 amide bonds. The van der Waals surface area contributed by atoms with Crippen molar-refractivity contribution in [2.45, 2.75) is 6.42 Å². The number of ether oxygens (including phenoxy) is 2.